The zero-order valence-corrected chi connectivity index (χ0v) is 30.6. The van der Waals surface area contributed by atoms with Crippen molar-refractivity contribution >= 4 is 54.0 Å². The Kier molecular flexibility index (Phi) is 12.6. The first-order valence-electron chi connectivity index (χ1n) is 16.0. The summed E-state index contributed by atoms with van der Waals surface area (Å²) in [6.45, 7) is 2.93. The van der Waals surface area contributed by atoms with Crippen LogP contribution in [0.25, 0.3) is 22.2 Å². The number of hydrogen-bond acceptors (Lipinski definition) is 10. The van der Waals surface area contributed by atoms with Crippen molar-refractivity contribution in [2.45, 2.75) is 31.4 Å². The van der Waals surface area contributed by atoms with E-state index >= 15 is 0 Å². The summed E-state index contributed by atoms with van der Waals surface area (Å²) in [6, 6.07) is 27.1. The molecular formula is C37H36ClFN4O7S2. The van der Waals surface area contributed by atoms with Crippen molar-refractivity contribution in [1.82, 2.24) is 15.3 Å². The fraction of sp³-hybridized carbons (Fsp3) is 0.189. The molecule has 6 aromatic rings. The molecule has 272 valence electrons. The smallest absolute Gasteiger partial charge is 0.294 e. The maximum Gasteiger partial charge on any atom is 0.294 e. The zero-order chi connectivity index (χ0) is 37.3. The highest BCUT2D eigenvalue weighted by atomic mass is 35.5. The van der Waals surface area contributed by atoms with Gasteiger partial charge in [0.15, 0.2) is 0 Å². The molecule has 15 heteroatoms. The van der Waals surface area contributed by atoms with Crippen molar-refractivity contribution in [2.75, 3.05) is 23.9 Å². The minimum absolute atomic E-state index is 0.0558. The molecule has 0 aliphatic carbocycles. The molecule has 2 aromatic heterocycles. The fourth-order valence-electron chi connectivity index (χ4n) is 4.92. The number of halogens is 2. The molecule has 0 fully saturated rings. The van der Waals surface area contributed by atoms with Gasteiger partial charge in [0.25, 0.3) is 10.1 Å². The average molecular weight is 767 g/mol. The van der Waals surface area contributed by atoms with Crippen LogP contribution < -0.4 is 15.4 Å². The van der Waals surface area contributed by atoms with Gasteiger partial charge in [-0.05, 0) is 90.3 Å². The number of aryl methyl sites for hydroxylation is 1. The van der Waals surface area contributed by atoms with E-state index in [-0.39, 0.29) is 23.1 Å². The van der Waals surface area contributed by atoms with Gasteiger partial charge in [-0.1, -0.05) is 42.8 Å². The number of nitrogens with zero attached hydrogens (tertiary/aromatic N) is 2. The molecule has 0 amide bonds. The second-order valence-electron chi connectivity index (χ2n) is 11.7. The van der Waals surface area contributed by atoms with Gasteiger partial charge in [0, 0.05) is 29.4 Å². The molecule has 0 bridgehead atoms. The maximum absolute atomic E-state index is 13.4. The van der Waals surface area contributed by atoms with Crippen LogP contribution in [0.1, 0.15) is 23.8 Å². The van der Waals surface area contributed by atoms with Crippen LogP contribution in [0.3, 0.4) is 0 Å². The van der Waals surface area contributed by atoms with Gasteiger partial charge in [-0.2, -0.15) is 8.42 Å². The van der Waals surface area contributed by atoms with E-state index in [4.69, 9.17) is 25.3 Å². The van der Waals surface area contributed by atoms with Crippen LogP contribution in [-0.4, -0.2) is 49.9 Å². The molecule has 0 spiro atoms. The molecule has 52 heavy (non-hydrogen) atoms. The number of ether oxygens (including phenoxy) is 1. The van der Waals surface area contributed by atoms with Crippen molar-refractivity contribution in [3.05, 3.63) is 131 Å². The topological polar surface area (TPSA) is 161 Å². The predicted octanol–water partition coefficient (Wildman–Crippen LogP) is 7.63. The Labute approximate surface area is 306 Å². The van der Waals surface area contributed by atoms with Gasteiger partial charge in [0.1, 0.15) is 51.7 Å². The van der Waals surface area contributed by atoms with E-state index in [9.17, 15) is 21.2 Å². The lowest BCUT2D eigenvalue weighted by Gasteiger charge is -2.12. The standard InChI is InChI=1S/C29H26ClFN4O4S.C8H10O3S/c1-40(36,37)12-11-32-16-23-7-10-27(39-23)20-5-8-26-24(14-20)29(34-18-33-26)35-22-6-9-28(25(30)15-22)38-17-19-3-2-4-21(31)13-19;1-2-7-3-5-8(6-4-7)12(9,10)11/h2-10,13-15,18,32H,11-12,16-17H2,1H3,(H,33,34,35);3-6H,2H2,1H3,(H,9,10,11). The van der Waals surface area contributed by atoms with Crippen molar-refractivity contribution < 1.29 is 34.9 Å². The molecule has 4 aromatic carbocycles. The van der Waals surface area contributed by atoms with Crippen LogP contribution in [0.5, 0.6) is 5.75 Å². The number of nitrogens with one attached hydrogen (secondary N) is 2. The number of aromatic nitrogens is 2. The highest BCUT2D eigenvalue weighted by Gasteiger charge is 2.12. The van der Waals surface area contributed by atoms with E-state index in [1.165, 1.54) is 36.8 Å². The lowest BCUT2D eigenvalue weighted by atomic mass is 10.1. The predicted molar refractivity (Wildman–Crippen MR) is 200 cm³/mol. The van der Waals surface area contributed by atoms with Crippen molar-refractivity contribution in [2.24, 2.45) is 0 Å². The summed E-state index contributed by atoms with van der Waals surface area (Å²) in [5, 5.41) is 7.56. The second-order valence-corrected chi connectivity index (χ2v) is 15.8. The minimum Gasteiger partial charge on any atom is -0.487 e. The summed E-state index contributed by atoms with van der Waals surface area (Å²) in [4.78, 5) is 8.74. The number of anilines is 2. The number of sulfone groups is 1. The van der Waals surface area contributed by atoms with Gasteiger partial charge in [-0.3, -0.25) is 4.55 Å². The van der Waals surface area contributed by atoms with Gasteiger partial charge in [-0.25, -0.2) is 22.8 Å². The Morgan fingerprint density at radius 3 is 2.38 bits per heavy atom. The Morgan fingerprint density at radius 2 is 1.69 bits per heavy atom. The van der Waals surface area contributed by atoms with E-state index in [0.29, 0.717) is 52.5 Å². The lowest BCUT2D eigenvalue weighted by molar-refractivity contribution is 0.306. The lowest BCUT2D eigenvalue weighted by Crippen LogP contribution is -2.21. The summed E-state index contributed by atoms with van der Waals surface area (Å²) < 4.78 is 77.6. The van der Waals surface area contributed by atoms with Crippen LogP contribution in [0.2, 0.25) is 5.02 Å². The monoisotopic (exact) mass is 766 g/mol. The molecule has 0 saturated carbocycles. The van der Waals surface area contributed by atoms with E-state index in [0.717, 1.165) is 28.5 Å². The third kappa shape index (κ3) is 11.1. The van der Waals surface area contributed by atoms with E-state index in [1.807, 2.05) is 43.3 Å². The van der Waals surface area contributed by atoms with E-state index in [1.54, 1.807) is 36.4 Å². The molecule has 2 heterocycles. The normalized spacial score (nSPS) is 11.6. The highest BCUT2D eigenvalue weighted by Crippen LogP contribution is 2.33. The molecule has 0 aliphatic heterocycles. The summed E-state index contributed by atoms with van der Waals surface area (Å²) in [7, 11) is -7.05. The minimum atomic E-state index is -4.03. The van der Waals surface area contributed by atoms with Crippen molar-refractivity contribution in [3.8, 4) is 17.1 Å². The third-order valence-electron chi connectivity index (χ3n) is 7.64. The molecule has 3 N–H and O–H groups in total. The molecule has 0 aliphatic rings. The van der Waals surface area contributed by atoms with Gasteiger partial charge in [0.2, 0.25) is 0 Å². The fourth-order valence-corrected chi connectivity index (χ4v) is 6.15. The first kappa shape index (κ1) is 38.4. The van der Waals surface area contributed by atoms with Crippen LogP contribution in [0, 0.1) is 5.82 Å². The van der Waals surface area contributed by atoms with Crippen molar-refractivity contribution in [3.63, 3.8) is 0 Å². The summed E-state index contributed by atoms with van der Waals surface area (Å²) in [6.07, 6.45) is 3.54. The number of fused-ring (bicyclic) bond motifs is 1. The molecule has 6 rings (SSSR count). The average Bonchev–Trinajstić information content (AvgIpc) is 3.58. The quantitative estimate of drug-likeness (QED) is 0.0783. The number of benzene rings is 4. The van der Waals surface area contributed by atoms with Gasteiger partial charge >= 0.3 is 0 Å². The van der Waals surface area contributed by atoms with Crippen molar-refractivity contribution in [1.29, 1.82) is 0 Å². The van der Waals surface area contributed by atoms with Crippen LogP contribution in [0.4, 0.5) is 15.9 Å². The highest BCUT2D eigenvalue weighted by molar-refractivity contribution is 7.90. The Balaban J connectivity index is 0.000000370. The Morgan fingerprint density at radius 1 is 0.904 bits per heavy atom. The number of rotatable bonds is 13. The molecule has 0 atom stereocenters. The summed E-state index contributed by atoms with van der Waals surface area (Å²) in [5.74, 6) is 2.17. The first-order valence-corrected chi connectivity index (χ1v) is 19.9. The molecule has 11 nitrogen and oxygen atoms in total. The second kappa shape index (κ2) is 17.1. The SMILES string of the molecule is CCc1ccc(S(=O)(=O)O)cc1.CS(=O)(=O)CCNCc1ccc(-c2ccc3ncnc(Nc4ccc(OCc5cccc(F)c5)c(Cl)c4)c3c2)o1. The van der Waals surface area contributed by atoms with Crippen LogP contribution in [0.15, 0.2) is 113 Å². The largest absolute Gasteiger partial charge is 0.487 e. The summed E-state index contributed by atoms with van der Waals surface area (Å²) >= 11 is 6.47. The van der Waals surface area contributed by atoms with Gasteiger partial charge in [0.05, 0.1) is 27.7 Å². The number of furan rings is 1. The van der Waals surface area contributed by atoms with Gasteiger partial charge in [-0.15, -0.1) is 0 Å². The third-order valence-corrected chi connectivity index (χ3v) is 9.75. The van der Waals surface area contributed by atoms with E-state index < -0.39 is 20.0 Å². The van der Waals surface area contributed by atoms with E-state index in [2.05, 4.69) is 20.6 Å². The first-order chi connectivity index (χ1) is 24.8. The molecule has 0 unspecified atom stereocenters. The summed E-state index contributed by atoms with van der Waals surface area (Å²) in [5.41, 5.74) is 4.04. The van der Waals surface area contributed by atoms with Crippen LogP contribution >= 0.6 is 11.6 Å². The Bertz CT molecular complexity index is 2370. The van der Waals surface area contributed by atoms with Gasteiger partial charge < -0.3 is 19.8 Å². The number of hydrogen-bond donors (Lipinski definition) is 3. The maximum atomic E-state index is 13.4. The molecular weight excluding hydrogens is 731 g/mol. The molecule has 0 radical (unpaired) electrons. The zero-order valence-electron chi connectivity index (χ0n) is 28.2. The van der Waals surface area contributed by atoms with Crippen LogP contribution in [-0.2, 0) is 39.5 Å². The molecule has 0 saturated heterocycles. The Hall–Kier alpha value is -4.86.